The van der Waals surface area contributed by atoms with Crippen LogP contribution in [0.1, 0.15) is 24.8 Å². The van der Waals surface area contributed by atoms with Gasteiger partial charge in [-0.05, 0) is 19.4 Å². The molecule has 16 heavy (non-hydrogen) atoms. The van der Waals surface area contributed by atoms with E-state index in [4.69, 9.17) is 9.15 Å². The molecule has 6 nitrogen and oxygen atoms in total. The summed E-state index contributed by atoms with van der Waals surface area (Å²) in [7, 11) is 0. The molecule has 1 unspecified atom stereocenters. The predicted octanol–water partition coefficient (Wildman–Crippen LogP) is 0.331. The van der Waals surface area contributed by atoms with Gasteiger partial charge in [0.2, 0.25) is 5.89 Å². The zero-order chi connectivity index (χ0) is 10.8. The number of nitrogens with zero attached hydrogens (tertiary/aromatic N) is 3. The molecule has 2 saturated heterocycles. The van der Waals surface area contributed by atoms with Crippen molar-refractivity contribution in [2.45, 2.75) is 18.9 Å². The monoisotopic (exact) mass is 224 g/mol. The van der Waals surface area contributed by atoms with Crippen molar-refractivity contribution >= 4 is 6.01 Å². The van der Waals surface area contributed by atoms with E-state index in [9.17, 15) is 0 Å². The smallest absolute Gasteiger partial charge is 0.318 e. The predicted molar refractivity (Wildman–Crippen MR) is 57.3 cm³/mol. The molecule has 0 spiro atoms. The van der Waals surface area contributed by atoms with Crippen molar-refractivity contribution in [2.24, 2.45) is 0 Å². The SMILES string of the molecule is C1CNC(c2nnc(N3CCOCC3)o2)C1. The second-order valence-corrected chi connectivity index (χ2v) is 4.17. The first-order valence-corrected chi connectivity index (χ1v) is 5.83. The Hall–Kier alpha value is -1.14. The Labute approximate surface area is 94.0 Å². The molecular formula is C10H16N4O2. The summed E-state index contributed by atoms with van der Waals surface area (Å²) >= 11 is 0. The highest BCUT2D eigenvalue weighted by atomic mass is 16.5. The molecule has 0 bridgehead atoms. The highest BCUT2D eigenvalue weighted by molar-refractivity contribution is 5.24. The van der Waals surface area contributed by atoms with Gasteiger partial charge in [0.25, 0.3) is 0 Å². The van der Waals surface area contributed by atoms with Crippen LogP contribution >= 0.6 is 0 Å². The summed E-state index contributed by atoms with van der Waals surface area (Å²) in [5.41, 5.74) is 0. The van der Waals surface area contributed by atoms with Crippen LogP contribution in [-0.2, 0) is 4.74 Å². The largest absolute Gasteiger partial charge is 0.406 e. The number of morpholine rings is 1. The fraction of sp³-hybridized carbons (Fsp3) is 0.800. The molecule has 88 valence electrons. The van der Waals surface area contributed by atoms with E-state index in [1.54, 1.807) is 0 Å². The molecule has 3 rings (SSSR count). The summed E-state index contributed by atoms with van der Waals surface area (Å²) < 4.78 is 11.0. The third-order valence-electron chi connectivity index (χ3n) is 3.07. The molecule has 1 N–H and O–H groups in total. The van der Waals surface area contributed by atoms with Gasteiger partial charge in [0.05, 0.1) is 19.3 Å². The van der Waals surface area contributed by atoms with Gasteiger partial charge in [0.1, 0.15) is 0 Å². The number of ether oxygens (including phenoxy) is 1. The number of hydrogen-bond donors (Lipinski definition) is 1. The first-order valence-electron chi connectivity index (χ1n) is 5.83. The summed E-state index contributed by atoms with van der Waals surface area (Å²) in [4.78, 5) is 2.08. The standard InChI is InChI=1S/C10H16N4O2/c1-2-8(11-3-1)9-12-13-10(16-9)14-4-6-15-7-5-14/h8,11H,1-7H2. The third-order valence-corrected chi connectivity index (χ3v) is 3.07. The molecule has 1 atom stereocenters. The van der Waals surface area contributed by atoms with E-state index < -0.39 is 0 Å². The van der Waals surface area contributed by atoms with Gasteiger partial charge in [-0.25, -0.2) is 0 Å². The minimum atomic E-state index is 0.252. The second-order valence-electron chi connectivity index (χ2n) is 4.17. The quantitative estimate of drug-likeness (QED) is 0.781. The average molecular weight is 224 g/mol. The van der Waals surface area contributed by atoms with Crippen LogP contribution in [0.2, 0.25) is 0 Å². The summed E-state index contributed by atoms with van der Waals surface area (Å²) in [6.07, 6.45) is 2.27. The number of rotatable bonds is 2. The minimum Gasteiger partial charge on any atom is -0.406 e. The second kappa shape index (κ2) is 4.39. The third kappa shape index (κ3) is 1.90. The van der Waals surface area contributed by atoms with Gasteiger partial charge in [-0.3, -0.25) is 0 Å². The lowest BCUT2D eigenvalue weighted by Gasteiger charge is -2.24. The molecule has 0 aliphatic carbocycles. The normalized spacial score (nSPS) is 26.2. The number of aromatic nitrogens is 2. The van der Waals surface area contributed by atoms with Gasteiger partial charge >= 0.3 is 6.01 Å². The van der Waals surface area contributed by atoms with Gasteiger partial charge in [-0.2, -0.15) is 0 Å². The van der Waals surface area contributed by atoms with Gasteiger partial charge in [-0.1, -0.05) is 5.10 Å². The van der Waals surface area contributed by atoms with E-state index in [1.807, 2.05) is 0 Å². The number of nitrogens with one attached hydrogen (secondary N) is 1. The molecule has 0 aromatic carbocycles. The van der Waals surface area contributed by atoms with Crippen LogP contribution in [0, 0.1) is 0 Å². The van der Waals surface area contributed by atoms with Crippen LogP contribution in [0.4, 0.5) is 6.01 Å². The Balaban J connectivity index is 1.71. The van der Waals surface area contributed by atoms with Crippen molar-refractivity contribution in [1.29, 1.82) is 0 Å². The maximum Gasteiger partial charge on any atom is 0.318 e. The van der Waals surface area contributed by atoms with E-state index in [2.05, 4.69) is 20.4 Å². The Morgan fingerprint density at radius 2 is 2.12 bits per heavy atom. The van der Waals surface area contributed by atoms with Gasteiger partial charge in [0.15, 0.2) is 0 Å². The fourth-order valence-corrected chi connectivity index (χ4v) is 2.14. The Morgan fingerprint density at radius 1 is 1.25 bits per heavy atom. The van der Waals surface area contributed by atoms with E-state index in [0.717, 1.165) is 45.2 Å². The first kappa shape index (κ1) is 10.0. The summed E-state index contributed by atoms with van der Waals surface area (Å²) in [5.74, 6) is 0.721. The summed E-state index contributed by atoms with van der Waals surface area (Å²) in [5, 5.41) is 11.6. The Kier molecular flexibility index (Phi) is 2.75. The highest BCUT2D eigenvalue weighted by Gasteiger charge is 2.24. The molecular weight excluding hydrogens is 208 g/mol. The Morgan fingerprint density at radius 3 is 2.88 bits per heavy atom. The molecule has 2 aliphatic heterocycles. The first-order chi connectivity index (χ1) is 7.93. The number of hydrogen-bond acceptors (Lipinski definition) is 6. The van der Waals surface area contributed by atoms with Crippen LogP contribution in [0.15, 0.2) is 4.42 Å². The van der Waals surface area contributed by atoms with Gasteiger partial charge in [-0.15, -0.1) is 5.10 Å². The maximum atomic E-state index is 5.69. The zero-order valence-corrected chi connectivity index (χ0v) is 9.19. The minimum absolute atomic E-state index is 0.252. The lowest BCUT2D eigenvalue weighted by atomic mass is 10.2. The van der Waals surface area contributed by atoms with E-state index >= 15 is 0 Å². The van der Waals surface area contributed by atoms with Crippen molar-refractivity contribution in [3.8, 4) is 0 Å². The van der Waals surface area contributed by atoms with Crippen LogP contribution in [0.3, 0.4) is 0 Å². The van der Waals surface area contributed by atoms with Gasteiger partial charge < -0.3 is 19.4 Å². The van der Waals surface area contributed by atoms with E-state index in [0.29, 0.717) is 6.01 Å². The topological polar surface area (TPSA) is 63.4 Å². The molecule has 1 aromatic heterocycles. The summed E-state index contributed by atoms with van der Waals surface area (Å²) in [6.45, 7) is 4.18. The Bertz CT molecular complexity index is 342. The molecule has 6 heteroatoms. The molecule has 0 radical (unpaired) electrons. The molecule has 2 fully saturated rings. The average Bonchev–Trinajstić information content (AvgIpc) is 3.01. The molecule has 0 amide bonds. The highest BCUT2D eigenvalue weighted by Crippen LogP contribution is 2.24. The zero-order valence-electron chi connectivity index (χ0n) is 9.19. The molecule has 2 aliphatic rings. The molecule has 0 saturated carbocycles. The van der Waals surface area contributed by atoms with E-state index in [-0.39, 0.29) is 6.04 Å². The van der Waals surface area contributed by atoms with E-state index in [1.165, 1.54) is 6.42 Å². The number of anilines is 1. The molecule has 1 aromatic rings. The van der Waals surface area contributed by atoms with Crippen LogP contribution < -0.4 is 10.2 Å². The fourth-order valence-electron chi connectivity index (χ4n) is 2.14. The van der Waals surface area contributed by atoms with Crippen LogP contribution in [0.25, 0.3) is 0 Å². The summed E-state index contributed by atoms with van der Waals surface area (Å²) in [6, 6.07) is 0.884. The van der Waals surface area contributed by atoms with Crippen LogP contribution in [0.5, 0.6) is 0 Å². The lowest BCUT2D eigenvalue weighted by molar-refractivity contribution is 0.120. The van der Waals surface area contributed by atoms with Crippen molar-refractivity contribution < 1.29 is 9.15 Å². The molecule has 3 heterocycles. The maximum absolute atomic E-state index is 5.69. The van der Waals surface area contributed by atoms with Crippen molar-refractivity contribution in [3.05, 3.63) is 5.89 Å². The van der Waals surface area contributed by atoms with Crippen molar-refractivity contribution in [1.82, 2.24) is 15.5 Å². The van der Waals surface area contributed by atoms with Crippen molar-refractivity contribution in [3.63, 3.8) is 0 Å². The van der Waals surface area contributed by atoms with Crippen molar-refractivity contribution in [2.75, 3.05) is 37.7 Å². The lowest BCUT2D eigenvalue weighted by Crippen LogP contribution is -2.36. The van der Waals surface area contributed by atoms with Crippen LogP contribution in [-0.4, -0.2) is 43.0 Å². The van der Waals surface area contributed by atoms with Gasteiger partial charge in [0, 0.05) is 13.1 Å².